The molecule has 0 amide bonds. The summed E-state index contributed by atoms with van der Waals surface area (Å²) in [6.45, 7) is 11.7. The molecule has 1 rings (SSSR count). The van der Waals surface area contributed by atoms with E-state index in [2.05, 4.69) is 33.9 Å². The number of benzene rings is 1. The van der Waals surface area contributed by atoms with E-state index in [9.17, 15) is 0 Å². The van der Waals surface area contributed by atoms with Gasteiger partial charge in [0, 0.05) is 0 Å². The highest BCUT2D eigenvalue weighted by Gasteiger charge is 2.39. The standard InChI is InChI=1S/C16H29NO3Si/c1-16(2,3)21(6,7)20-14-11-12(8-9-17)10-13(18-4)15(14)19-5/h10-11H,8-9,17H2,1-7H3. The molecule has 0 unspecified atom stereocenters. The van der Waals surface area contributed by atoms with Gasteiger partial charge in [0.15, 0.2) is 11.5 Å². The third kappa shape index (κ3) is 4.14. The molecule has 0 radical (unpaired) electrons. The van der Waals surface area contributed by atoms with E-state index in [1.807, 2.05) is 12.1 Å². The molecule has 0 aliphatic rings. The maximum absolute atomic E-state index is 6.41. The number of hydrogen-bond acceptors (Lipinski definition) is 4. The average molecular weight is 311 g/mol. The molecule has 120 valence electrons. The molecule has 1 aromatic carbocycles. The highest BCUT2D eigenvalue weighted by atomic mass is 28.4. The summed E-state index contributed by atoms with van der Waals surface area (Å²) in [5.74, 6) is 2.10. The second-order valence-corrected chi connectivity index (χ2v) is 11.5. The summed E-state index contributed by atoms with van der Waals surface area (Å²) in [6, 6.07) is 3.99. The average Bonchev–Trinajstić information content (AvgIpc) is 2.36. The summed E-state index contributed by atoms with van der Waals surface area (Å²) in [7, 11) is 1.34. The Bertz CT molecular complexity index is 481. The van der Waals surface area contributed by atoms with E-state index in [-0.39, 0.29) is 5.04 Å². The van der Waals surface area contributed by atoms with Crippen molar-refractivity contribution in [2.75, 3.05) is 20.8 Å². The zero-order chi connectivity index (χ0) is 16.3. The van der Waals surface area contributed by atoms with Crippen molar-refractivity contribution in [1.29, 1.82) is 0 Å². The number of nitrogens with two attached hydrogens (primary N) is 1. The van der Waals surface area contributed by atoms with Gasteiger partial charge in [-0.2, -0.15) is 0 Å². The summed E-state index contributed by atoms with van der Waals surface area (Å²) in [5, 5.41) is 0.120. The summed E-state index contributed by atoms with van der Waals surface area (Å²) < 4.78 is 17.3. The molecule has 0 saturated heterocycles. The van der Waals surface area contributed by atoms with Gasteiger partial charge in [-0.1, -0.05) is 20.8 Å². The van der Waals surface area contributed by atoms with Crippen LogP contribution in [-0.4, -0.2) is 29.1 Å². The van der Waals surface area contributed by atoms with Crippen molar-refractivity contribution in [1.82, 2.24) is 0 Å². The Hall–Kier alpha value is -1.20. The molecule has 0 atom stereocenters. The van der Waals surface area contributed by atoms with E-state index in [1.54, 1.807) is 14.2 Å². The van der Waals surface area contributed by atoms with Crippen LogP contribution in [0.1, 0.15) is 26.3 Å². The number of methoxy groups -OCH3 is 2. The van der Waals surface area contributed by atoms with Crippen LogP contribution < -0.4 is 19.6 Å². The monoisotopic (exact) mass is 311 g/mol. The van der Waals surface area contributed by atoms with Crippen LogP contribution in [-0.2, 0) is 6.42 Å². The van der Waals surface area contributed by atoms with Crippen LogP contribution in [0.2, 0.25) is 18.1 Å². The summed E-state index contributed by atoms with van der Waals surface area (Å²) in [5.41, 5.74) is 6.77. The fourth-order valence-electron chi connectivity index (χ4n) is 1.80. The smallest absolute Gasteiger partial charge is 0.250 e. The molecule has 0 aromatic heterocycles. The van der Waals surface area contributed by atoms with Crippen LogP contribution in [0.5, 0.6) is 17.2 Å². The van der Waals surface area contributed by atoms with Gasteiger partial charge in [0.2, 0.25) is 5.75 Å². The van der Waals surface area contributed by atoms with Gasteiger partial charge in [-0.05, 0) is 48.8 Å². The first-order valence-electron chi connectivity index (χ1n) is 7.30. The molecular formula is C16H29NO3Si. The second-order valence-electron chi connectivity index (χ2n) is 6.73. The highest BCUT2D eigenvalue weighted by molar-refractivity contribution is 6.74. The molecule has 5 heteroatoms. The summed E-state index contributed by atoms with van der Waals surface area (Å²) in [6.07, 6.45) is 0.786. The highest BCUT2D eigenvalue weighted by Crippen LogP contribution is 2.44. The molecule has 0 saturated carbocycles. The molecule has 2 N–H and O–H groups in total. The minimum absolute atomic E-state index is 0.120. The van der Waals surface area contributed by atoms with Crippen LogP contribution in [0, 0.1) is 0 Å². The second kappa shape index (κ2) is 6.71. The topological polar surface area (TPSA) is 53.7 Å². The van der Waals surface area contributed by atoms with Crippen molar-refractivity contribution in [2.45, 2.75) is 45.3 Å². The van der Waals surface area contributed by atoms with E-state index < -0.39 is 8.32 Å². The lowest BCUT2D eigenvalue weighted by Gasteiger charge is -2.37. The van der Waals surface area contributed by atoms with E-state index in [4.69, 9.17) is 19.6 Å². The van der Waals surface area contributed by atoms with Gasteiger partial charge < -0.3 is 19.6 Å². The van der Waals surface area contributed by atoms with E-state index in [0.717, 1.165) is 17.7 Å². The predicted octanol–water partition coefficient (Wildman–Crippen LogP) is 3.59. The van der Waals surface area contributed by atoms with Crippen LogP contribution in [0.3, 0.4) is 0 Å². The SMILES string of the molecule is COc1cc(CCN)cc(O[Si](C)(C)C(C)(C)C)c1OC. The van der Waals surface area contributed by atoms with Gasteiger partial charge in [0.25, 0.3) is 8.32 Å². The van der Waals surface area contributed by atoms with Crippen molar-refractivity contribution in [3.05, 3.63) is 17.7 Å². The summed E-state index contributed by atoms with van der Waals surface area (Å²) in [4.78, 5) is 0. The zero-order valence-electron chi connectivity index (χ0n) is 14.4. The molecule has 4 nitrogen and oxygen atoms in total. The first-order chi connectivity index (χ1) is 9.66. The van der Waals surface area contributed by atoms with Gasteiger partial charge in [-0.3, -0.25) is 0 Å². The molecule has 1 aromatic rings. The summed E-state index contributed by atoms with van der Waals surface area (Å²) >= 11 is 0. The molecule has 0 fully saturated rings. The number of hydrogen-bond donors (Lipinski definition) is 1. The maximum atomic E-state index is 6.41. The predicted molar refractivity (Wildman–Crippen MR) is 90.1 cm³/mol. The maximum Gasteiger partial charge on any atom is 0.250 e. The normalized spacial score (nSPS) is 12.2. The Morgan fingerprint density at radius 1 is 1.05 bits per heavy atom. The molecule has 0 spiro atoms. The quantitative estimate of drug-likeness (QED) is 0.816. The third-order valence-corrected chi connectivity index (χ3v) is 8.45. The van der Waals surface area contributed by atoms with Gasteiger partial charge in [-0.25, -0.2) is 0 Å². The van der Waals surface area contributed by atoms with E-state index in [0.29, 0.717) is 18.0 Å². The fraction of sp³-hybridized carbons (Fsp3) is 0.625. The Balaban J connectivity index is 3.29. The largest absolute Gasteiger partial charge is 0.541 e. The van der Waals surface area contributed by atoms with Gasteiger partial charge >= 0.3 is 0 Å². The van der Waals surface area contributed by atoms with Gasteiger partial charge in [-0.15, -0.1) is 0 Å². The first kappa shape index (κ1) is 17.8. The number of ether oxygens (including phenoxy) is 2. The zero-order valence-corrected chi connectivity index (χ0v) is 15.4. The Kier molecular flexibility index (Phi) is 5.70. The van der Waals surface area contributed by atoms with Crippen LogP contribution in [0.25, 0.3) is 0 Å². The molecule has 0 aliphatic heterocycles. The van der Waals surface area contributed by atoms with Crippen molar-refractivity contribution >= 4 is 8.32 Å². The van der Waals surface area contributed by atoms with Crippen LogP contribution in [0.15, 0.2) is 12.1 Å². The minimum Gasteiger partial charge on any atom is -0.541 e. The lowest BCUT2D eigenvalue weighted by atomic mass is 10.1. The van der Waals surface area contributed by atoms with Gasteiger partial charge in [0.05, 0.1) is 14.2 Å². The fourth-order valence-corrected chi connectivity index (χ4v) is 2.81. The minimum atomic E-state index is -1.94. The third-order valence-electron chi connectivity index (χ3n) is 4.11. The van der Waals surface area contributed by atoms with E-state index in [1.165, 1.54) is 0 Å². The van der Waals surface area contributed by atoms with Crippen molar-refractivity contribution in [3.63, 3.8) is 0 Å². The Morgan fingerprint density at radius 2 is 1.62 bits per heavy atom. The van der Waals surface area contributed by atoms with E-state index >= 15 is 0 Å². The number of rotatable bonds is 6. The molecule has 0 bridgehead atoms. The van der Waals surface area contributed by atoms with Crippen LogP contribution in [0.4, 0.5) is 0 Å². The van der Waals surface area contributed by atoms with Crippen molar-refractivity contribution < 1.29 is 13.9 Å². The Morgan fingerprint density at radius 3 is 2.05 bits per heavy atom. The first-order valence-corrected chi connectivity index (χ1v) is 10.2. The van der Waals surface area contributed by atoms with Crippen molar-refractivity contribution in [2.24, 2.45) is 5.73 Å². The molecule has 0 aliphatic carbocycles. The van der Waals surface area contributed by atoms with Crippen molar-refractivity contribution in [3.8, 4) is 17.2 Å². The molecule has 0 heterocycles. The Labute approximate surface area is 129 Å². The van der Waals surface area contributed by atoms with Gasteiger partial charge in [0.1, 0.15) is 0 Å². The van der Waals surface area contributed by atoms with Crippen LogP contribution >= 0.6 is 0 Å². The lowest BCUT2D eigenvalue weighted by Crippen LogP contribution is -2.44. The lowest BCUT2D eigenvalue weighted by molar-refractivity contribution is 0.339. The molecule has 21 heavy (non-hydrogen) atoms. The molecular weight excluding hydrogens is 282 g/mol.